The second-order valence-corrected chi connectivity index (χ2v) is 7.84. The lowest BCUT2D eigenvalue weighted by atomic mass is 10.0. The molecule has 158 valence electrons. The number of amides is 3. The van der Waals surface area contributed by atoms with Crippen molar-refractivity contribution < 1.29 is 14.4 Å². The molecule has 31 heavy (non-hydrogen) atoms. The van der Waals surface area contributed by atoms with Crippen LogP contribution in [0, 0.1) is 5.92 Å². The highest BCUT2D eigenvalue weighted by Gasteiger charge is 2.43. The van der Waals surface area contributed by atoms with Crippen LogP contribution in [0.4, 0.5) is 0 Å². The van der Waals surface area contributed by atoms with Crippen molar-refractivity contribution in [3.8, 4) is 0 Å². The van der Waals surface area contributed by atoms with Crippen molar-refractivity contribution in [2.75, 3.05) is 0 Å². The summed E-state index contributed by atoms with van der Waals surface area (Å²) >= 11 is 0. The normalized spacial score (nSPS) is 14.1. The van der Waals surface area contributed by atoms with Gasteiger partial charge in [0, 0.05) is 6.54 Å². The van der Waals surface area contributed by atoms with Crippen LogP contribution >= 0.6 is 0 Å². The first-order chi connectivity index (χ1) is 15.0. The summed E-state index contributed by atoms with van der Waals surface area (Å²) in [6.07, 6.45) is 3.14. The van der Waals surface area contributed by atoms with E-state index in [1.807, 2.05) is 38.1 Å². The number of nitrogens with one attached hydrogen (secondary N) is 1. The molecule has 1 unspecified atom stereocenters. The summed E-state index contributed by atoms with van der Waals surface area (Å²) in [4.78, 5) is 43.6. The fraction of sp³-hybridized carbons (Fsp3) is 0.261. The summed E-state index contributed by atoms with van der Waals surface area (Å²) in [5.74, 6) is -1.43. The third-order valence-corrected chi connectivity index (χ3v) is 5.30. The Bertz CT molecular complexity index is 1070. The Hall–Kier alpha value is -3.81. The lowest BCUT2D eigenvalue weighted by Crippen LogP contribution is -2.52. The summed E-state index contributed by atoms with van der Waals surface area (Å²) < 4.78 is 1.73. The third kappa shape index (κ3) is 4.09. The van der Waals surface area contributed by atoms with Gasteiger partial charge in [0.15, 0.2) is 0 Å². The lowest BCUT2D eigenvalue weighted by molar-refractivity contribution is -0.126. The van der Waals surface area contributed by atoms with Gasteiger partial charge in [-0.1, -0.05) is 50.2 Å². The van der Waals surface area contributed by atoms with E-state index in [2.05, 4.69) is 15.4 Å². The molecule has 2 heterocycles. The minimum Gasteiger partial charge on any atom is -0.350 e. The SMILES string of the molecule is CC(C)C(C(=O)NCc1ccc(Cn2cncn2)cc1)N1C(=O)c2ccccc2C1=O. The largest absolute Gasteiger partial charge is 0.350 e. The zero-order valence-electron chi connectivity index (χ0n) is 17.4. The number of benzene rings is 2. The monoisotopic (exact) mass is 417 g/mol. The number of rotatable bonds is 7. The Morgan fingerprint density at radius 2 is 1.58 bits per heavy atom. The molecule has 8 nitrogen and oxygen atoms in total. The summed E-state index contributed by atoms with van der Waals surface area (Å²) in [7, 11) is 0. The zero-order chi connectivity index (χ0) is 22.0. The van der Waals surface area contributed by atoms with Crippen LogP contribution in [0.15, 0.2) is 61.2 Å². The molecule has 1 aliphatic rings. The highest BCUT2D eigenvalue weighted by atomic mass is 16.2. The average molecular weight is 417 g/mol. The van der Waals surface area contributed by atoms with Crippen molar-refractivity contribution in [1.82, 2.24) is 25.0 Å². The van der Waals surface area contributed by atoms with Crippen molar-refractivity contribution in [2.45, 2.75) is 33.0 Å². The van der Waals surface area contributed by atoms with Gasteiger partial charge in [-0.05, 0) is 29.2 Å². The number of hydrogen-bond donors (Lipinski definition) is 1. The Morgan fingerprint density at radius 3 is 2.13 bits per heavy atom. The van der Waals surface area contributed by atoms with E-state index in [4.69, 9.17) is 0 Å². The number of aromatic nitrogens is 3. The quantitative estimate of drug-likeness (QED) is 0.595. The fourth-order valence-corrected chi connectivity index (χ4v) is 3.74. The molecule has 1 aromatic heterocycles. The third-order valence-electron chi connectivity index (χ3n) is 5.30. The molecule has 0 bridgehead atoms. The van der Waals surface area contributed by atoms with Gasteiger partial charge in [-0.2, -0.15) is 5.10 Å². The molecule has 8 heteroatoms. The van der Waals surface area contributed by atoms with Crippen molar-refractivity contribution in [1.29, 1.82) is 0 Å². The van der Waals surface area contributed by atoms with E-state index in [0.29, 0.717) is 24.2 Å². The lowest BCUT2D eigenvalue weighted by Gasteiger charge is -2.28. The Balaban J connectivity index is 1.43. The van der Waals surface area contributed by atoms with Gasteiger partial charge in [0.2, 0.25) is 5.91 Å². The van der Waals surface area contributed by atoms with Gasteiger partial charge < -0.3 is 5.32 Å². The molecule has 0 spiro atoms. The zero-order valence-corrected chi connectivity index (χ0v) is 17.4. The van der Waals surface area contributed by atoms with Gasteiger partial charge in [0.1, 0.15) is 18.7 Å². The molecule has 3 amide bonds. The highest BCUT2D eigenvalue weighted by Crippen LogP contribution is 2.27. The molecule has 0 fully saturated rings. The number of hydrogen-bond acceptors (Lipinski definition) is 5. The van der Waals surface area contributed by atoms with Crippen LogP contribution in [-0.4, -0.2) is 43.4 Å². The van der Waals surface area contributed by atoms with Gasteiger partial charge in [-0.25, -0.2) is 9.67 Å². The van der Waals surface area contributed by atoms with E-state index in [0.717, 1.165) is 16.0 Å². The first-order valence-corrected chi connectivity index (χ1v) is 10.1. The van der Waals surface area contributed by atoms with Gasteiger partial charge in [0.25, 0.3) is 11.8 Å². The smallest absolute Gasteiger partial charge is 0.262 e. The second-order valence-electron chi connectivity index (χ2n) is 7.84. The van der Waals surface area contributed by atoms with Crippen LogP contribution in [0.5, 0.6) is 0 Å². The molecule has 0 aliphatic carbocycles. The van der Waals surface area contributed by atoms with Crippen LogP contribution in [0.25, 0.3) is 0 Å². The maximum Gasteiger partial charge on any atom is 0.262 e. The standard InChI is InChI=1S/C23H23N5O3/c1-15(2)20(28-22(30)18-5-3-4-6-19(18)23(28)31)21(29)25-11-16-7-9-17(10-8-16)12-27-14-24-13-26-27/h3-10,13-15,20H,11-12H2,1-2H3,(H,25,29). The minimum atomic E-state index is -0.876. The number of imide groups is 1. The molecule has 4 rings (SSSR count). The Labute approximate surface area is 179 Å². The summed E-state index contributed by atoms with van der Waals surface area (Å²) in [6, 6.07) is 13.6. The van der Waals surface area contributed by atoms with Crippen molar-refractivity contribution in [3.63, 3.8) is 0 Å². The maximum atomic E-state index is 13.0. The molecule has 1 atom stereocenters. The number of nitrogens with zero attached hydrogens (tertiary/aromatic N) is 4. The number of carbonyl (C=O) groups excluding carboxylic acids is 3. The van der Waals surface area contributed by atoms with Crippen LogP contribution in [0.2, 0.25) is 0 Å². The molecule has 1 aliphatic heterocycles. The predicted molar refractivity (Wildman–Crippen MR) is 113 cm³/mol. The molecule has 0 saturated carbocycles. The Morgan fingerprint density at radius 1 is 0.968 bits per heavy atom. The van der Waals surface area contributed by atoms with E-state index in [-0.39, 0.29) is 11.8 Å². The second kappa shape index (κ2) is 8.51. The average Bonchev–Trinajstić information content (AvgIpc) is 3.36. The first kappa shape index (κ1) is 20.5. The maximum absolute atomic E-state index is 13.0. The van der Waals surface area contributed by atoms with E-state index in [1.165, 1.54) is 6.33 Å². The van der Waals surface area contributed by atoms with Gasteiger partial charge in [0.05, 0.1) is 17.7 Å². The summed E-state index contributed by atoms with van der Waals surface area (Å²) in [6.45, 7) is 4.57. The molecular weight excluding hydrogens is 394 g/mol. The van der Waals surface area contributed by atoms with E-state index in [9.17, 15) is 14.4 Å². The minimum absolute atomic E-state index is 0.229. The number of fused-ring (bicyclic) bond motifs is 1. The fourth-order valence-electron chi connectivity index (χ4n) is 3.74. The molecule has 0 radical (unpaired) electrons. The summed E-state index contributed by atoms with van der Waals surface area (Å²) in [5, 5.41) is 6.96. The van der Waals surface area contributed by atoms with Crippen molar-refractivity contribution in [3.05, 3.63) is 83.4 Å². The molecule has 1 N–H and O–H groups in total. The topological polar surface area (TPSA) is 97.2 Å². The molecular formula is C23H23N5O3. The van der Waals surface area contributed by atoms with Gasteiger partial charge >= 0.3 is 0 Å². The Kier molecular flexibility index (Phi) is 5.62. The van der Waals surface area contributed by atoms with E-state index < -0.39 is 17.9 Å². The van der Waals surface area contributed by atoms with Crippen LogP contribution in [0.1, 0.15) is 45.7 Å². The molecule has 0 saturated heterocycles. The van der Waals surface area contributed by atoms with E-state index >= 15 is 0 Å². The van der Waals surface area contributed by atoms with Crippen molar-refractivity contribution in [2.24, 2.45) is 5.92 Å². The highest BCUT2D eigenvalue weighted by molar-refractivity contribution is 6.22. The van der Waals surface area contributed by atoms with E-state index in [1.54, 1.807) is 35.3 Å². The number of carbonyl (C=O) groups is 3. The summed E-state index contributed by atoms with van der Waals surface area (Å²) in [5.41, 5.74) is 2.66. The predicted octanol–water partition coefficient (Wildman–Crippen LogP) is 2.26. The van der Waals surface area contributed by atoms with Crippen LogP contribution in [-0.2, 0) is 17.9 Å². The van der Waals surface area contributed by atoms with Crippen LogP contribution in [0.3, 0.4) is 0 Å². The van der Waals surface area contributed by atoms with Crippen LogP contribution < -0.4 is 5.32 Å². The first-order valence-electron chi connectivity index (χ1n) is 10.1. The van der Waals surface area contributed by atoms with Crippen molar-refractivity contribution >= 4 is 17.7 Å². The molecule has 3 aromatic rings. The van der Waals surface area contributed by atoms with Gasteiger partial charge in [-0.3, -0.25) is 19.3 Å². The van der Waals surface area contributed by atoms with Gasteiger partial charge in [-0.15, -0.1) is 0 Å². The molecule has 2 aromatic carbocycles.